The largest absolute Gasteiger partial charge is 0.416 e. The minimum Gasteiger partial charge on any atom is -0.316 e. The first kappa shape index (κ1) is 12.0. The molecule has 0 heterocycles. The Balaban J connectivity index is 4.46. The van der Waals surface area contributed by atoms with Crippen LogP contribution in [0.2, 0.25) is 0 Å². The van der Waals surface area contributed by atoms with Gasteiger partial charge in [-0.2, -0.15) is 13.2 Å². The van der Waals surface area contributed by atoms with Crippen LogP contribution in [0.15, 0.2) is 36.5 Å². The van der Waals surface area contributed by atoms with Gasteiger partial charge in [0.05, 0.1) is 5.57 Å². The summed E-state index contributed by atoms with van der Waals surface area (Å²) in [5.41, 5.74) is -0.697. The van der Waals surface area contributed by atoms with Crippen molar-refractivity contribution in [2.24, 2.45) is 0 Å². The molecule has 0 radical (unpaired) electrons. The predicted octanol–water partition coefficient (Wildman–Crippen LogP) is 2.44. The van der Waals surface area contributed by atoms with Gasteiger partial charge in [0.1, 0.15) is 0 Å². The molecule has 4 heteroatoms. The van der Waals surface area contributed by atoms with E-state index in [-0.39, 0.29) is 0 Å². The van der Waals surface area contributed by atoms with E-state index >= 15 is 0 Å². The van der Waals surface area contributed by atoms with E-state index in [9.17, 15) is 13.2 Å². The first-order valence-corrected chi connectivity index (χ1v) is 3.73. The number of nitrogens with one attached hydrogen (secondary N) is 1. The van der Waals surface area contributed by atoms with Crippen LogP contribution in [-0.2, 0) is 0 Å². The molecule has 0 bridgehead atoms. The molecule has 0 aliphatic rings. The summed E-state index contributed by atoms with van der Waals surface area (Å²) >= 11 is 0. The van der Waals surface area contributed by atoms with E-state index in [1.807, 2.05) is 0 Å². The molecule has 0 atom stereocenters. The van der Waals surface area contributed by atoms with E-state index in [0.717, 1.165) is 18.2 Å². The summed E-state index contributed by atoms with van der Waals surface area (Å²) in [7, 11) is 1.66. The van der Waals surface area contributed by atoms with Crippen LogP contribution < -0.4 is 5.32 Å². The number of rotatable bonds is 4. The lowest BCUT2D eigenvalue weighted by atomic mass is 10.2. The zero-order valence-electron chi connectivity index (χ0n) is 7.36. The molecule has 0 fully saturated rings. The van der Waals surface area contributed by atoms with Crippen molar-refractivity contribution in [1.29, 1.82) is 0 Å². The van der Waals surface area contributed by atoms with Crippen molar-refractivity contribution in [3.05, 3.63) is 36.5 Å². The van der Waals surface area contributed by atoms with Crippen LogP contribution in [-0.4, -0.2) is 19.8 Å². The zero-order chi connectivity index (χ0) is 10.3. The van der Waals surface area contributed by atoms with Gasteiger partial charge in [0.2, 0.25) is 0 Å². The third-order valence-electron chi connectivity index (χ3n) is 1.24. The fraction of sp³-hybridized carbons (Fsp3) is 0.333. The zero-order valence-corrected chi connectivity index (χ0v) is 7.36. The molecule has 0 rings (SSSR count). The number of hydrogen-bond donors (Lipinski definition) is 1. The van der Waals surface area contributed by atoms with Gasteiger partial charge >= 0.3 is 6.18 Å². The third kappa shape index (κ3) is 5.25. The average molecular weight is 191 g/mol. The molecule has 0 aliphatic carbocycles. The number of halogens is 3. The van der Waals surface area contributed by atoms with E-state index in [0.29, 0.717) is 6.54 Å². The first-order valence-electron chi connectivity index (χ1n) is 3.73. The van der Waals surface area contributed by atoms with Crippen LogP contribution in [0.5, 0.6) is 0 Å². The highest BCUT2D eigenvalue weighted by atomic mass is 19.4. The van der Waals surface area contributed by atoms with Crippen LogP contribution in [0, 0.1) is 0 Å². The summed E-state index contributed by atoms with van der Waals surface area (Å²) < 4.78 is 36.4. The van der Waals surface area contributed by atoms with Crippen molar-refractivity contribution in [2.45, 2.75) is 6.18 Å². The molecule has 0 saturated heterocycles. The van der Waals surface area contributed by atoms with Gasteiger partial charge in [-0.15, -0.1) is 0 Å². The van der Waals surface area contributed by atoms with E-state index in [1.165, 1.54) is 6.08 Å². The van der Waals surface area contributed by atoms with Crippen LogP contribution in [0.4, 0.5) is 13.2 Å². The molecule has 0 aliphatic heterocycles. The van der Waals surface area contributed by atoms with Crippen molar-refractivity contribution in [1.82, 2.24) is 5.32 Å². The maximum atomic E-state index is 12.1. The van der Waals surface area contributed by atoms with Gasteiger partial charge < -0.3 is 5.32 Å². The van der Waals surface area contributed by atoms with Gasteiger partial charge in [0.25, 0.3) is 0 Å². The molecule has 0 unspecified atom stereocenters. The predicted molar refractivity (Wildman–Crippen MR) is 47.4 cm³/mol. The van der Waals surface area contributed by atoms with Gasteiger partial charge in [-0.3, -0.25) is 0 Å². The molecule has 1 N–H and O–H groups in total. The van der Waals surface area contributed by atoms with Gasteiger partial charge in [-0.25, -0.2) is 0 Å². The molecule has 0 amide bonds. The Kier molecular flexibility index (Phi) is 5.14. The minimum atomic E-state index is -4.31. The molecule has 74 valence electrons. The van der Waals surface area contributed by atoms with E-state index in [2.05, 4.69) is 11.9 Å². The Hall–Kier alpha value is -1.03. The summed E-state index contributed by atoms with van der Waals surface area (Å²) in [6.45, 7) is 3.62. The SMILES string of the molecule is C=C/C=C(\C=C/CNC)C(F)(F)F. The van der Waals surface area contributed by atoms with Crippen molar-refractivity contribution >= 4 is 0 Å². The van der Waals surface area contributed by atoms with Gasteiger partial charge in [0, 0.05) is 6.54 Å². The minimum absolute atomic E-state index is 0.407. The maximum Gasteiger partial charge on any atom is 0.416 e. The van der Waals surface area contributed by atoms with E-state index in [4.69, 9.17) is 0 Å². The Morgan fingerprint density at radius 1 is 1.46 bits per heavy atom. The quantitative estimate of drug-likeness (QED) is 0.673. The second kappa shape index (κ2) is 5.59. The Morgan fingerprint density at radius 2 is 2.08 bits per heavy atom. The number of alkyl halides is 3. The molecule has 13 heavy (non-hydrogen) atoms. The highest BCUT2D eigenvalue weighted by Crippen LogP contribution is 2.26. The molecule has 0 aromatic heterocycles. The normalized spacial score (nSPS) is 13.7. The summed E-state index contributed by atoms with van der Waals surface area (Å²) in [5, 5.41) is 2.71. The maximum absolute atomic E-state index is 12.1. The monoisotopic (exact) mass is 191 g/mol. The van der Waals surface area contributed by atoms with Gasteiger partial charge in [-0.05, 0) is 7.05 Å². The smallest absolute Gasteiger partial charge is 0.316 e. The van der Waals surface area contributed by atoms with E-state index < -0.39 is 11.7 Å². The highest BCUT2D eigenvalue weighted by Gasteiger charge is 2.30. The van der Waals surface area contributed by atoms with Crippen LogP contribution >= 0.6 is 0 Å². The summed E-state index contributed by atoms with van der Waals surface area (Å²) in [6, 6.07) is 0. The summed E-state index contributed by atoms with van der Waals surface area (Å²) in [4.78, 5) is 0. The Labute approximate surface area is 75.6 Å². The molecule has 0 aromatic carbocycles. The van der Waals surface area contributed by atoms with Gasteiger partial charge in [-0.1, -0.05) is 30.9 Å². The number of allylic oxidation sites excluding steroid dienone is 4. The van der Waals surface area contributed by atoms with Crippen molar-refractivity contribution < 1.29 is 13.2 Å². The topological polar surface area (TPSA) is 12.0 Å². The second-order valence-corrected chi connectivity index (χ2v) is 2.32. The second-order valence-electron chi connectivity index (χ2n) is 2.32. The lowest BCUT2D eigenvalue weighted by Crippen LogP contribution is -2.11. The summed E-state index contributed by atoms with van der Waals surface area (Å²) in [5.74, 6) is 0. The van der Waals surface area contributed by atoms with Crippen LogP contribution in [0.25, 0.3) is 0 Å². The van der Waals surface area contributed by atoms with Crippen molar-refractivity contribution in [3.63, 3.8) is 0 Å². The standard InChI is InChI=1S/C9H12F3N/c1-3-5-8(9(10,11)12)6-4-7-13-2/h3-6,13H,1,7H2,2H3/b6-4-,8-5+. The summed E-state index contributed by atoms with van der Waals surface area (Å²) in [6.07, 6.45) is 0.179. The van der Waals surface area contributed by atoms with Crippen LogP contribution in [0.1, 0.15) is 0 Å². The average Bonchev–Trinajstić information content (AvgIpc) is 2.01. The van der Waals surface area contributed by atoms with Crippen molar-refractivity contribution in [3.8, 4) is 0 Å². The lowest BCUT2D eigenvalue weighted by molar-refractivity contribution is -0.0881. The molecular formula is C9H12F3N. The van der Waals surface area contributed by atoms with Crippen LogP contribution in [0.3, 0.4) is 0 Å². The number of likely N-dealkylation sites (N-methyl/N-ethyl adjacent to an activating group) is 1. The third-order valence-corrected chi connectivity index (χ3v) is 1.24. The van der Waals surface area contributed by atoms with Crippen molar-refractivity contribution in [2.75, 3.05) is 13.6 Å². The molecular weight excluding hydrogens is 179 g/mol. The lowest BCUT2D eigenvalue weighted by Gasteiger charge is -2.05. The molecule has 0 aromatic rings. The number of hydrogen-bond acceptors (Lipinski definition) is 1. The first-order chi connectivity index (χ1) is 6.02. The molecule has 0 spiro atoms. The molecule has 1 nitrogen and oxygen atoms in total. The molecule has 0 saturated carbocycles. The Morgan fingerprint density at radius 3 is 2.46 bits per heavy atom. The van der Waals surface area contributed by atoms with E-state index in [1.54, 1.807) is 7.05 Å². The highest BCUT2D eigenvalue weighted by molar-refractivity contribution is 5.27. The van der Waals surface area contributed by atoms with Gasteiger partial charge in [0.15, 0.2) is 0 Å². The fourth-order valence-corrected chi connectivity index (χ4v) is 0.675. The fourth-order valence-electron chi connectivity index (χ4n) is 0.675. The Bertz CT molecular complexity index is 213.